The smallest absolute Gasteiger partial charge is 0.298 e. The van der Waals surface area contributed by atoms with Crippen LogP contribution < -0.4 is 0 Å². The van der Waals surface area contributed by atoms with Gasteiger partial charge in [0.1, 0.15) is 12.8 Å². The quantitative estimate of drug-likeness (QED) is 0.393. The van der Waals surface area contributed by atoms with Crippen molar-refractivity contribution in [2.75, 3.05) is 0 Å². The monoisotopic (exact) mass is 394 g/mol. The number of hydrogen-bond donors (Lipinski definition) is 0. The molecule has 20 heavy (non-hydrogen) atoms. The maximum atomic E-state index is 8.68. The van der Waals surface area contributed by atoms with E-state index < -0.39 is 11.2 Å². The van der Waals surface area contributed by atoms with Gasteiger partial charge in [0, 0.05) is 80.5 Å². The van der Waals surface area contributed by atoms with Crippen LogP contribution in [-0.4, -0.2) is 42.6 Å². The van der Waals surface area contributed by atoms with E-state index in [2.05, 4.69) is 0 Å². The zero-order valence-corrected chi connectivity index (χ0v) is 20.7. The number of ketones is 2. The summed E-state index contributed by atoms with van der Waals surface area (Å²) < 4.78 is 0. The topological polar surface area (TPSA) is 88.6 Å². The minimum Gasteiger partial charge on any atom is -0.441 e. The van der Waals surface area contributed by atoms with E-state index in [-0.39, 0.29) is 53.8 Å². The third-order valence-corrected chi connectivity index (χ3v) is 1.40. The predicted octanol–water partition coefficient (Wildman–Crippen LogP) is 1.78. The van der Waals surface area contributed by atoms with Crippen LogP contribution >= 0.6 is 0 Å². The molecule has 0 aromatic rings. The van der Waals surface area contributed by atoms with Crippen LogP contribution in [0.15, 0.2) is 0 Å². The molecule has 116 valence electrons. The van der Waals surface area contributed by atoms with Crippen LogP contribution in [0.2, 0.25) is 0 Å². The molecule has 0 saturated carbocycles. The summed E-state index contributed by atoms with van der Waals surface area (Å²) in [7, 11) is 0. The van der Waals surface area contributed by atoms with Gasteiger partial charge in [0.15, 0.2) is 11.2 Å². The van der Waals surface area contributed by atoms with Crippen LogP contribution in [-0.2, 0) is 39.0 Å². The van der Waals surface area contributed by atoms with Gasteiger partial charge in [-0.25, -0.2) is 0 Å². The van der Waals surface area contributed by atoms with Crippen molar-refractivity contribution in [1.82, 2.24) is 0 Å². The van der Waals surface area contributed by atoms with E-state index in [4.69, 9.17) is 19.8 Å². The molecule has 0 atom stereocenters. The largest absolute Gasteiger partial charge is 0.441 e. The first-order valence-corrected chi connectivity index (χ1v) is 5.36. The molecule has 0 spiro atoms. The fourth-order valence-electron chi connectivity index (χ4n) is 1.28. The molecule has 6 heteroatoms. The minimum atomic E-state index is -0.515. The first-order chi connectivity index (χ1) is 6.83. The van der Waals surface area contributed by atoms with E-state index in [9.17, 15) is 0 Å². The summed E-state index contributed by atoms with van der Waals surface area (Å²) in [4.78, 5) is 17.4. The van der Waals surface area contributed by atoms with E-state index in [0.29, 0.717) is 24.4 Å². The van der Waals surface area contributed by atoms with Crippen LogP contribution in [0.4, 0.5) is 0 Å². The Morgan fingerprint density at radius 3 is 0.900 bits per heavy atom. The molecule has 0 aliphatic carbocycles. The maximum Gasteiger partial charge on any atom is 0.298 e. The Hall–Kier alpha value is 0.507. The van der Waals surface area contributed by atoms with Crippen LogP contribution in [0.1, 0.15) is 54.4 Å². The fourth-order valence-corrected chi connectivity index (χ4v) is 1.28. The molecule has 0 aromatic heterocycles. The average molecular weight is 397 g/mol. The second-order valence-corrected chi connectivity index (χ2v) is 5.59. The Kier molecular flexibility index (Phi) is 29.5. The summed E-state index contributed by atoms with van der Waals surface area (Å²) in [6, 6.07) is 0. The summed E-state index contributed by atoms with van der Waals surface area (Å²) in [5, 5.41) is 14.6. The van der Waals surface area contributed by atoms with Crippen molar-refractivity contribution < 1.29 is 58.8 Å². The van der Waals surface area contributed by atoms with Crippen LogP contribution in [0, 0.1) is 14.9 Å². The Balaban J connectivity index is -0.0000000408. The maximum absolute atomic E-state index is 8.68. The van der Waals surface area contributed by atoms with Crippen molar-refractivity contribution in [2.24, 2.45) is 0 Å². The molecule has 0 saturated heterocycles. The summed E-state index contributed by atoms with van der Waals surface area (Å²) in [6.07, 6.45) is 0.931. The molecular formula is C14H34O4Zn2+2. The molecule has 6 N–H and O–H groups in total. The molecular weight excluding hydrogens is 363 g/mol. The third-order valence-electron chi connectivity index (χ3n) is 1.40. The van der Waals surface area contributed by atoms with E-state index >= 15 is 0 Å². The second-order valence-electron chi connectivity index (χ2n) is 5.59. The van der Waals surface area contributed by atoms with Gasteiger partial charge >= 0.3 is 0 Å². The molecule has 0 unspecified atom stereocenters. The van der Waals surface area contributed by atoms with Gasteiger partial charge < -0.3 is 25.1 Å². The summed E-state index contributed by atoms with van der Waals surface area (Å²) in [5.41, 5.74) is -1.03. The predicted molar refractivity (Wildman–Crippen MR) is 82.7 cm³/mol. The van der Waals surface area contributed by atoms with Crippen molar-refractivity contribution in [3.63, 3.8) is 0 Å². The second kappa shape index (κ2) is 15.9. The van der Waals surface area contributed by atoms with Gasteiger partial charge in [-0.1, -0.05) is 0 Å². The third kappa shape index (κ3) is 51.4. The van der Waals surface area contributed by atoms with Gasteiger partial charge in [0.25, 0.3) is 11.6 Å². The van der Waals surface area contributed by atoms with Crippen molar-refractivity contribution in [3.8, 4) is 0 Å². The molecule has 0 aliphatic rings. The van der Waals surface area contributed by atoms with Crippen molar-refractivity contribution in [2.45, 2.75) is 65.6 Å². The Morgan fingerprint density at radius 1 is 0.750 bits per heavy atom. The molecule has 0 aromatic carbocycles. The van der Waals surface area contributed by atoms with E-state index in [1.807, 2.05) is 0 Å². The van der Waals surface area contributed by atoms with E-state index in [1.54, 1.807) is 41.5 Å². The van der Waals surface area contributed by atoms with Gasteiger partial charge in [-0.15, -0.1) is 0 Å². The van der Waals surface area contributed by atoms with Crippen molar-refractivity contribution in [1.29, 1.82) is 0 Å². The minimum absolute atomic E-state index is 0. The summed E-state index contributed by atoms with van der Waals surface area (Å²) in [6.45, 7) is 10.3. The average Bonchev–Trinajstić information content (AvgIpc) is 1.72. The van der Waals surface area contributed by atoms with Crippen molar-refractivity contribution in [3.05, 3.63) is 14.9 Å². The molecule has 4 nitrogen and oxygen atoms in total. The SMILES string of the molecule is CC(=[OH+])CC(C)(C)[OH2+].CC(=[OH+])CC(C)(C)[OH2+].[CH3-].[CH3-].[Zn].[Zn]. The number of carbonyl (C=O) groups excluding carboxylic acids is 2. The molecule has 0 aliphatic heterocycles. The Labute approximate surface area is 150 Å². The molecule has 0 bridgehead atoms. The summed E-state index contributed by atoms with van der Waals surface area (Å²) >= 11 is 0. The normalized spacial score (nSPS) is 9.20. The fraction of sp³-hybridized carbons (Fsp3) is 0.714. The van der Waals surface area contributed by atoms with Crippen LogP contribution in [0.3, 0.4) is 0 Å². The molecule has 0 fully saturated rings. The van der Waals surface area contributed by atoms with Gasteiger partial charge in [-0.2, -0.15) is 0 Å². The van der Waals surface area contributed by atoms with Crippen LogP contribution in [0.5, 0.6) is 0 Å². The van der Waals surface area contributed by atoms with E-state index in [1.165, 1.54) is 0 Å². The first kappa shape index (κ1) is 37.1. The standard InChI is InChI=1S/2C6H12O2.2CH3.2Zn/c2*1-5(7)4-6(2,3)8;;;;/h2*8H,4H2,1-3H3;2*1H3;;/q;;2*-1;;/p+4. The van der Waals surface area contributed by atoms with Gasteiger partial charge in [0.05, 0.1) is 0 Å². The molecule has 0 amide bonds. The zero-order valence-electron chi connectivity index (χ0n) is 14.7. The number of hydrogen-bond acceptors (Lipinski definition) is 0. The van der Waals surface area contributed by atoms with Gasteiger partial charge in [0.2, 0.25) is 0 Å². The van der Waals surface area contributed by atoms with Crippen molar-refractivity contribution >= 4 is 11.6 Å². The van der Waals surface area contributed by atoms with Gasteiger partial charge in [-0.3, -0.25) is 9.59 Å². The Bertz CT molecular complexity index is 215. The van der Waals surface area contributed by atoms with Crippen LogP contribution in [0.25, 0.3) is 0 Å². The summed E-state index contributed by atoms with van der Waals surface area (Å²) in [5.74, 6) is 0.676. The number of rotatable bonds is 4. The first-order valence-electron chi connectivity index (χ1n) is 5.36. The Morgan fingerprint density at radius 2 is 0.900 bits per heavy atom. The molecule has 0 heterocycles. The molecule has 0 radical (unpaired) electrons. The van der Waals surface area contributed by atoms with E-state index in [0.717, 1.165) is 0 Å². The van der Waals surface area contributed by atoms with Gasteiger partial charge in [-0.05, 0) is 0 Å². The zero-order chi connectivity index (χ0) is 13.6. The molecule has 0 rings (SSSR count).